The molecule has 0 radical (unpaired) electrons. The lowest BCUT2D eigenvalue weighted by Gasteiger charge is -2.09. The number of ether oxygens (including phenoxy) is 1. The van der Waals surface area contributed by atoms with Crippen molar-refractivity contribution in [2.75, 3.05) is 7.11 Å². The van der Waals surface area contributed by atoms with Crippen LogP contribution in [0.2, 0.25) is 0 Å². The van der Waals surface area contributed by atoms with Gasteiger partial charge in [0, 0.05) is 13.6 Å². The fourth-order valence-corrected chi connectivity index (χ4v) is 5.66. The number of methoxy groups -OCH3 is 1. The third-order valence-corrected chi connectivity index (χ3v) is 7.21. The Bertz CT molecular complexity index is 1400. The fraction of sp³-hybridized carbons (Fsp3) is 0.130. The van der Waals surface area contributed by atoms with Crippen LogP contribution in [0.3, 0.4) is 0 Å². The average molecular weight is 435 g/mol. The highest BCUT2D eigenvalue weighted by atomic mass is 32.1. The van der Waals surface area contributed by atoms with Crippen molar-refractivity contribution in [3.05, 3.63) is 81.8 Å². The van der Waals surface area contributed by atoms with Crippen molar-refractivity contribution in [1.29, 1.82) is 0 Å². The standard InChI is InChI=1S/C23H18N2O3S2/c1-24-15-8-9-29-19(15)11-17(24)22(26)21-10-16-20(30-21)12-18(23(27)28-2)25(16)13-14-6-4-3-5-7-14/h3-12H,13H2,1-2H3. The molecule has 5 rings (SSSR count). The number of hydrogen-bond donors (Lipinski definition) is 0. The van der Waals surface area contributed by atoms with Gasteiger partial charge >= 0.3 is 5.97 Å². The highest BCUT2D eigenvalue weighted by molar-refractivity contribution is 7.21. The number of benzene rings is 1. The van der Waals surface area contributed by atoms with Crippen LogP contribution in [0, 0.1) is 0 Å². The molecule has 0 spiro atoms. The Hall–Kier alpha value is -3.16. The quantitative estimate of drug-likeness (QED) is 0.278. The molecule has 7 heteroatoms. The summed E-state index contributed by atoms with van der Waals surface area (Å²) in [4.78, 5) is 26.2. The Kier molecular flexibility index (Phi) is 4.56. The Labute approximate surface area is 180 Å². The van der Waals surface area contributed by atoms with E-state index in [4.69, 9.17) is 4.74 Å². The number of rotatable bonds is 5. The van der Waals surface area contributed by atoms with E-state index in [1.54, 1.807) is 11.3 Å². The summed E-state index contributed by atoms with van der Waals surface area (Å²) in [6, 6.07) is 17.6. The molecule has 30 heavy (non-hydrogen) atoms. The predicted molar refractivity (Wildman–Crippen MR) is 121 cm³/mol. The number of hydrogen-bond acceptors (Lipinski definition) is 5. The SMILES string of the molecule is COC(=O)c1cc2sc(C(=O)c3cc4sccc4n3C)cc2n1Cc1ccccc1. The molecule has 0 aliphatic carbocycles. The van der Waals surface area contributed by atoms with Crippen LogP contribution in [0.15, 0.2) is 60.0 Å². The molecule has 0 amide bonds. The topological polar surface area (TPSA) is 53.2 Å². The summed E-state index contributed by atoms with van der Waals surface area (Å²) in [5.74, 6) is -0.391. The van der Waals surface area contributed by atoms with Gasteiger partial charge in [0.15, 0.2) is 0 Å². The first kappa shape index (κ1) is 18.8. The van der Waals surface area contributed by atoms with Crippen molar-refractivity contribution in [2.24, 2.45) is 7.05 Å². The summed E-state index contributed by atoms with van der Waals surface area (Å²) >= 11 is 3.03. The molecule has 0 atom stereocenters. The van der Waals surface area contributed by atoms with Crippen molar-refractivity contribution in [3.8, 4) is 0 Å². The average Bonchev–Trinajstić information content (AvgIpc) is 3.51. The summed E-state index contributed by atoms with van der Waals surface area (Å²) in [5.41, 5.74) is 4.15. The lowest BCUT2D eigenvalue weighted by Crippen LogP contribution is -2.11. The van der Waals surface area contributed by atoms with Crippen LogP contribution in [0.25, 0.3) is 20.4 Å². The number of ketones is 1. The van der Waals surface area contributed by atoms with Crippen LogP contribution in [-0.2, 0) is 18.3 Å². The summed E-state index contributed by atoms with van der Waals surface area (Å²) in [6.45, 7) is 0.527. The predicted octanol–water partition coefficient (Wildman–Crippen LogP) is 5.32. The van der Waals surface area contributed by atoms with Gasteiger partial charge in [0.2, 0.25) is 5.78 Å². The van der Waals surface area contributed by atoms with E-state index in [0.717, 1.165) is 26.0 Å². The normalized spacial score (nSPS) is 11.4. The molecule has 4 heterocycles. The fourth-order valence-electron chi connectivity index (χ4n) is 3.76. The summed E-state index contributed by atoms with van der Waals surface area (Å²) in [5, 5.41) is 2.03. The van der Waals surface area contributed by atoms with Crippen molar-refractivity contribution in [1.82, 2.24) is 9.13 Å². The van der Waals surface area contributed by atoms with Crippen LogP contribution in [0.4, 0.5) is 0 Å². The van der Waals surface area contributed by atoms with E-state index >= 15 is 0 Å². The third kappa shape index (κ3) is 2.98. The minimum atomic E-state index is -0.384. The molecule has 4 aromatic heterocycles. The van der Waals surface area contributed by atoms with Gasteiger partial charge in [-0.1, -0.05) is 30.3 Å². The molecule has 1 aromatic carbocycles. The van der Waals surface area contributed by atoms with Crippen LogP contribution >= 0.6 is 22.7 Å². The Morgan fingerprint density at radius 3 is 2.47 bits per heavy atom. The zero-order valence-electron chi connectivity index (χ0n) is 16.4. The Morgan fingerprint density at radius 1 is 0.967 bits per heavy atom. The first-order chi connectivity index (χ1) is 14.6. The van der Waals surface area contributed by atoms with Gasteiger partial charge < -0.3 is 13.9 Å². The first-order valence-electron chi connectivity index (χ1n) is 9.39. The Morgan fingerprint density at radius 2 is 1.73 bits per heavy atom. The number of aromatic nitrogens is 2. The van der Waals surface area contributed by atoms with Crippen LogP contribution in [-0.4, -0.2) is 28.0 Å². The molecular weight excluding hydrogens is 416 g/mol. The van der Waals surface area contributed by atoms with Gasteiger partial charge in [-0.15, -0.1) is 22.7 Å². The molecule has 0 bridgehead atoms. The van der Waals surface area contributed by atoms with E-state index in [1.807, 2.05) is 76.2 Å². The van der Waals surface area contributed by atoms with E-state index < -0.39 is 0 Å². The van der Waals surface area contributed by atoms with Crippen molar-refractivity contribution in [3.63, 3.8) is 0 Å². The molecule has 5 nitrogen and oxygen atoms in total. The number of thiophene rings is 2. The van der Waals surface area contributed by atoms with Gasteiger partial charge in [0.1, 0.15) is 5.69 Å². The molecule has 0 unspecified atom stereocenters. The minimum Gasteiger partial charge on any atom is -0.464 e. The molecule has 150 valence electrons. The van der Waals surface area contributed by atoms with Gasteiger partial charge in [-0.3, -0.25) is 4.79 Å². The minimum absolute atomic E-state index is 0.00650. The van der Waals surface area contributed by atoms with E-state index in [-0.39, 0.29) is 11.8 Å². The second-order valence-corrected chi connectivity index (χ2v) is 9.07. The van der Waals surface area contributed by atoms with Crippen LogP contribution in [0.1, 0.15) is 31.4 Å². The number of aryl methyl sites for hydroxylation is 1. The monoisotopic (exact) mass is 434 g/mol. The zero-order valence-corrected chi connectivity index (χ0v) is 18.0. The molecule has 0 aliphatic heterocycles. The van der Waals surface area contributed by atoms with Gasteiger partial charge in [-0.2, -0.15) is 0 Å². The number of carbonyl (C=O) groups excluding carboxylic acids is 2. The summed E-state index contributed by atoms with van der Waals surface area (Å²) in [7, 11) is 3.30. The maximum Gasteiger partial charge on any atom is 0.354 e. The highest BCUT2D eigenvalue weighted by Crippen LogP contribution is 2.33. The van der Waals surface area contributed by atoms with E-state index in [0.29, 0.717) is 22.8 Å². The lowest BCUT2D eigenvalue weighted by atomic mass is 10.2. The van der Waals surface area contributed by atoms with Crippen molar-refractivity contribution < 1.29 is 14.3 Å². The van der Waals surface area contributed by atoms with Gasteiger partial charge in [0.05, 0.1) is 38.1 Å². The lowest BCUT2D eigenvalue weighted by molar-refractivity contribution is 0.0589. The van der Waals surface area contributed by atoms with Crippen molar-refractivity contribution in [2.45, 2.75) is 6.54 Å². The zero-order chi connectivity index (χ0) is 20.8. The maximum atomic E-state index is 13.2. The van der Waals surface area contributed by atoms with E-state index in [2.05, 4.69) is 0 Å². The molecule has 0 aliphatic rings. The van der Waals surface area contributed by atoms with E-state index in [9.17, 15) is 9.59 Å². The summed E-state index contributed by atoms with van der Waals surface area (Å²) < 4.78 is 10.8. The number of fused-ring (bicyclic) bond motifs is 2. The maximum absolute atomic E-state index is 13.2. The molecule has 0 saturated carbocycles. The molecule has 0 saturated heterocycles. The molecule has 5 aromatic rings. The molecule has 0 fully saturated rings. The second-order valence-electron chi connectivity index (χ2n) is 7.04. The highest BCUT2D eigenvalue weighted by Gasteiger charge is 2.23. The van der Waals surface area contributed by atoms with Gasteiger partial charge in [-0.05, 0) is 35.2 Å². The van der Waals surface area contributed by atoms with Gasteiger partial charge in [-0.25, -0.2) is 4.79 Å². The van der Waals surface area contributed by atoms with Crippen LogP contribution in [0.5, 0.6) is 0 Å². The number of esters is 1. The largest absolute Gasteiger partial charge is 0.464 e. The smallest absolute Gasteiger partial charge is 0.354 e. The molecule has 0 N–H and O–H groups in total. The second kappa shape index (κ2) is 7.27. The third-order valence-electron chi connectivity index (χ3n) is 5.29. The number of nitrogens with zero attached hydrogens (tertiary/aromatic N) is 2. The van der Waals surface area contributed by atoms with E-state index in [1.165, 1.54) is 18.4 Å². The summed E-state index contributed by atoms with van der Waals surface area (Å²) in [6.07, 6.45) is 0. The van der Waals surface area contributed by atoms with Crippen molar-refractivity contribution >= 4 is 54.9 Å². The first-order valence-corrected chi connectivity index (χ1v) is 11.1. The molecular formula is C23H18N2O3S2. The van der Waals surface area contributed by atoms with Gasteiger partial charge in [0.25, 0.3) is 0 Å². The number of carbonyl (C=O) groups is 2. The van der Waals surface area contributed by atoms with Crippen LogP contribution < -0.4 is 0 Å². The Balaban J connectivity index is 1.60.